The van der Waals surface area contributed by atoms with Gasteiger partial charge in [-0.3, -0.25) is 0 Å². The third-order valence-corrected chi connectivity index (χ3v) is 7.65. The topological polar surface area (TPSA) is 77.8 Å². The van der Waals surface area contributed by atoms with Crippen LogP contribution in [0, 0.1) is 0 Å². The van der Waals surface area contributed by atoms with Gasteiger partial charge < -0.3 is 14.8 Å². The average Bonchev–Trinajstić information content (AvgIpc) is 3.33. The number of fused-ring (bicyclic) bond motifs is 1. The fourth-order valence-electron chi connectivity index (χ4n) is 5.33. The van der Waals surface area contributed by atoms with Crippen molar-refractivity contribution in [1.82, 2.24) is 19.9 Å². The molecule has 1 N–H and O–H groups in total. The first-order valence-electron chi connectivity index (χ1n) is 14.1. The zero-order chi connectivity index (χ0) is 29.3. The highest BCUT2D eigenvalue weighted by atomic mass is 35.5. The van der Waals surface area contributed by atoms with Crippen molar-refractivity contribution in [3.63, 3.8) is 0 Å². The fourth-order valence-corrected chi connectivity index (χ4v) is 5.50. The van der Waals surface area contributed by atoms with Crippen LogP contribution in [-0.2, 0) is 16.9 Å². The molecule has 1 aliphatic carbocycles. The molecule has 5 aromatic rings. The van der Waals surface area contributed by atoms with E-state index in [1.165, 1.54) is 0 Å². The van der Waals surface area contributed by atoms with Gasteiger partial charge in [-0.15, -0.1) is 0 Å². The van der Waals surface area contributed by atoms with Crippen molar-refractivity contribution in [2.45, 2.75) is 57.8 Å². The Bertz CT molecular complexity index is 1710. The second-order valence-electron chi connectivity index (χ2n) is 11.7. The lowest BCUT2D eigenvalue weighted by Gasteiger charge is -2.43. The zero-order valence-electron chi connectivity index (χ0n) is 23.9. The summed E-state index contributed by atoms with van der Waals surface area (Å²) >= 11 is 6.51. The molecule has 1 saturated carbocycles. The number of carbonyl (C=O) groups excluding carboxylic acids is 1. The van der Waals surface area contributed by atoms with Crippen LogP contribution in [0.4, 0.5) is 4.79 Å². The summed E-state index contributed by atoms with van der Waals surface area (Å²) < 4.78 is 13.5. The average molecular weight is 581 g/mol. The molecular formula is C34H33ClN4O3. The van der Waals surface area contributed by atoms with E-state index in [4.69, 9.17) is 26.1 Å². The Kier molecular flexibility index (Phi) is 7.37. The van der Waals surface area contributed by atoms with Crippen LogP contribution in [0.15, 0.2) is 91.0 Å². The number of aromatic nitrogens is 3. The predicted octanol–water partition coefficient (Wildman–Crippen LogP) is 8.20. The lowest BCUT2D eigenvalue weighted by molar-refractivity contribution is 0.0377. The molecule has 42 heavy (non-hydrogen) atoms. The number of imidazole rings is 1. The smallest absolute Gasteiger partial charge is 0.408 e. The van der Waals surface area contributed by atoms with Crippen molar-refractivity contribution in [3.05, 3.63) is 107 Å². The number of nitrogens with one attached hydrogen (secondary N) is 1. The summed E-state index contributed by atoms with van der Waals surface area (Å²) in [5, 5.41) is 8.08. The lowest BCUT2D eigenvalue weighted by Crippen LogP contribution is -2.52. The summed E-state index contributed by atoms with van der Waals surface area (Å²) in [6.07, 6.45) is 2.36. The molecule has 0 atom stereocenters. The zero-order valence-corrected chi connectivity index (χ0v) is 24.7. The first kappa shape index (κ1) is 27.8. The van der Waals surface area contributed by atoms with Crippen LogP contribution in [0.2, 0.25) is 5.15 Å². The Morgan fingerprint density at radius 1 is 0.952 bits per heavy atom. The summed E-state index contributed by atoms with van der Waals surface area (Å²) in [4.78, 5) is 17.7. The minimum Gasteiger partial charge on any atom is -0.485 e. The van der Waals surface area contributed by atoms with Gasteiger partial charge in [0.15, 0.2) is 16.5 Å². The molecule has 0 radical (unpaired) electrons. The third-order valence-electron chi connectivity index (χ3n) is 7.46. The maximum atomic E-state index is 12.7. The lowest BCUT2D eigenvalue weighted by atomic mass is 9.71. The van der Waals surface area contributed by atoms with Gasteiger partial charge in [-0.05, 0) is 51.2 Å². The Morgan fingerprint density at radius 2 is 1.62 bits per heavy atom. The molecule has 0 aliphatic heterocycles. The molecule has 0 unspecified atom stereocenters. The summed E-state index contributed by atoms with van der Waals surface area (Å²) in [7, 11) is 0. The van der Waals surface area contributed by atoms with Crippen molar-refractivity contribution in [2.24, 2.45) is 0 Å². The van der Waals surface area contributed by atoms with Crippen molar-refractivity contribution >= 4 is 23.3 Å². The molecule has 0 bridgehead atoms. The van der Waals surface area contributed by atoms with E-state index in [9.17, 15) is 4.79 Å². The van der Waals surface area contributed by atoms with Crippen LogP contribution in [-0.4, -0.2) is 26.3 Å². The molecule has 1 amide bonds. The molecule has 8 heteroatoms. The second kappa shape index (κ2) is 11.1. The molecule has 1 fully saturated rings. The van der Waals surface area contributed by atoms with Crippen LogP contribution in [0.1, 0.15) is 51.2 Å². The number of carbonyl (C=O) groups is 1. The monoisotopic (exact) mass is 580 g/mol. The first-order valence-corrected chi connectivity index (χ1v) is 14.5. The van der Waals surface area contributed by atoms with Crippen molar-refractivity contribution < 1.29 is 14.3 Å². The number of hydrogen-bond donors (Lipinski definition) is 1. The third kappa shape index (κ3) is 5.70. The second-order valence-corrected chi connectivity index (χ2v) is 12.0. The van der Waals surface area contributed by atoms with Gasteiger partial charge in [0.25, 0.3) is 0 Å². The van der Waals surface area contributed by atoms with Gasteiger partial charge in [0, 0.05) is 17.2 Å². The van der Waals surface area contributed by atoms with Crippen LogP contribution in [0.5, 0.6) is 5.75 Å². The first-order chi connectivity index (χ1) is 20.2. The SMILES string of the molecule is CC(C)(C)OC(=O)NC1(c2ccc(-c3nc4c(OCc5ccccc5)cc(Cl)nn4c3-c3ccccc3)cc2)CCC1. The number of halogens is 1. The highest BCUT2D eigenvalue weighted by Gasteiger charge is 2.41. The van der Waals surface area contributed by atoms with Gasteiger partial charge in [-0.25, -0.2) is 14.3 Å². The molecule has 2 aromatic heterocycles. The maximum Gasteiger partial charge on any atom is 0.408 e. The molecule has 2 heterocycles. The Labute approximate surface area is 250 Å². The van der Waals surface area contributed by atoms with Crippen molar-refractivity contribution in [1.29, 1.82) is 0 Å². The van der Waals surface area contributed by atoms with E-state index >= 15 is 0 Å². The highest BCUT2D eigenvalue weighted by molar-refractivity contribution is 6.29. The predicted molar refractivity (Wildman–Crippen MR) is 165 cm³/mol. The Morgan fingerprint density at radius 3 is 2.24 bits per heavy atom. The van der Waals surface area contributed by atoms with E-state index in [0.29, 0.717) is 23.2 Å². The van der Waals surface area contributed by atoms with Gasteiger partial charge in [-0.1, -0.05) is 96.5 Å². The minimum absolute atomic E-state index is 0.308. The minimum atomic E-state index is -0.559. The standard InChI is InChI=1S/C34H33ClN4O3/c1-33(2,3)42-32(40)37-34(19-10-20-34)26-17-15-24(16-18-26)29-30(25-13-8-5-9-14-25)39-31(36-29)27(21-28(35)38-39)41-22-23-11-6-4-7-12-23/h4-9,11-18,21H,10,19-20,22H2,1-3H3,(H,37,40). The number of ether oxygens (including phenoxy) is 2. The van der Waals surface area contributed by atoms with Crippen LogP contribution < -0.4 is 10.1 Å². The summed E-state index contributed by atoms with van der Waals surface area (Å²) in [6.45, 7) is 5.98. The van der Waals surface area contributed by atoms with Crippen LogP contribution in [0.3, 0.4) is 0 Å². The molecule has 6 rings (SSSR count). The molecule has 7 nitrogen and oxygen atoms in total. The van der Waals surface area contributed by atoms with Crippen molar-refractivity contribution in [2.75, 3.05) is 0 Å². The quantitative estimate of drug-likeness (QED) is 0.210. The summed E-state index contributed by atoms with van der Waals surface area (Å²) in [6, 6.07) is 29.9. The normalized spacial score (nSPS) is 14.3. The molecular weight excluding hydrogens is 548 g/mol. The van der Waals surface area contributed by atoms with Gasteiger partial charge in [0.2, 0.25) is 0 Å². The molecule has 0 saturated heterocycles. The largest absolute Gasteiger partial charge is 0.485 e. The number of rotatable bonds is 7. The van der Waals surface area contributed by atoms with Gasteiger partial charge in [0.1, 0.15) is 17.9 Å². The maximum absolute atomic E-state index is 12.7. The van der Waals surface area contributed by atoms with Gasteiger partial charge in [-0.2, -0.15) is 5.10 Å². The molecule has 3 aromatic carbocycles. The van der Waals surface area contributed by atoms with Crippen molar-refractivity contribution in [3.8, 4) is 28.3 Å². The van der Waals surface area contributed by atoms with E-state index in [1.54, 1.807) is 10.6 Å². The number of nitrogens with zero attached hydrogens (tertiary/aromatic N) is 3. The molecule has 1 aliphatic rings. The van der Waals surface area contributed by atoms with E-state index in [2.05, 4.69) is 22.5 Å². The number of benzene rings is 3. The summed E-state index contributed by atoms with van der Waals surface area (Å²) in [5.74, 6) is 0.550. The van der Waals surface area contributed by atoms with E-state index in [0.717, 1.165) is 52.9 Å². The van der Waals surface area contributed by atoms with E-state index in [1.807, 2.05) is 93.6 Å². The Balaban J connectivity index is 1.39. The van der Waals surface area contributed by atoms with E-state index < -0.39 is 17.2 Å². The fraction of sp³-hybridized carbons (Fsp3) is 0.265. The Hall–Kier alpha value is -4.36. The number of amides is 1. The van der Waals surface area contributed by atoms with Crippen LogP contribution in [0.25, 0.3) is 28.2 Å². The van der Waals surface area contributed by atoms with Gasteiger partial charge >= 0.3 is 6.09 Å². The van der Waals surface area contributed by atoms with E-state index in [-0.39, 0.29) is 0 Å². The number of alkyl carbamates (subject to hydrolysis) is 1. The highest BCUT2D eigenvalue weighted by Crippen LogP contribution is 2.43. The number of hydrogen-bond acceptors (Lipinski definition) is 5. The summed E-state index contributed by atoms with van der Waals surface area (Å²) in [5.41, 5.74) is 5.11. The van der Waals surface area contributed by atoms with Crippen LogP contribution >= 0.6 is 11.6 Å². The van der Waals surface area contributed by atoms with Gasteiger partial charge in [0.05, 0.1) is 11.2 Å². The molecule has 214 valence electrons. The molecule has 0 spiro atoms.